The zero-order valence-corrected chi connectivity index (χ0v) is 6.79. The smallest absolute Gasteiger partial charge is 0.172 e. The second kappa shape index (κ2) is 2.33. The Bertz CT molecular complexity index is 80.1. The van der Waals surface area contributed by atoms with E-state index in [-0.39, 0.29) is 0 Å². The molecule has 0 bridgehead atoms. The maximum absolute atomic E-state index is 12.7. The molecule has 0 aliphatic rings. The van der Waals surface area contributed by atoms with Crippen LogP contribution < -0.4 is 0 Å². The summed E-state index contributed by atoms with van der Waals surface area (Å²) in [6, 6.07) is 0. The van der Waals surface area contributed by atoms with Crippen LogP contribution in [0.5, 0.6) is 0 Å². The summed E-state index contributed by atoms with van der Waals surface area (Å²) in [6.07, 6.45) is 0. The number of rotatable bonds is 1. The minimum Gasteiger partial charge on any atom is -0.357 e. The molecule has 0 aromatic heterocycles. The highest BCUT2D eigenvalue weighted by Crippen LogP contribution is 2.15. The van der Waals surface area contributed by atoms with Crippen molar-refractivity contribution in [2.75, 3.05) is 0 Å². The summed E-state index contributed by atoms with van der Waals surface area (Å²) in [7, 11) is 2.80. The van der Waals surface area contributed by atoms with Gasteiger partial charge in [0.25, 0.3) is 0 Å². The number of halogens is 1. The van der Waals surface area contributed by atoms with Gasteiger partial charge in [0.05, 0.1) is 5.60 Å². The van der Waals surface area contributed by atoms with E-state index in [1.165, 1.54) is 15.7 Å². The highest BCUT2D eigenvalue weighted by Gasteiger charge is 2.23. The Morgan fingerprint density at radius 2 is 1.56 bits per heavy atom. The predicted molar refractivity (Wildman–Crippen MR) is 41.8 cm³/mol. The fraction of sp³-hybridized carbons (Fsp3) is 1.00. The third-order valence-corrected chi connectivity index (χ3v) is 0.549. The van der Waals surface area contributed by atoms with Gasteiger partial charge in [-0.3, -0.25) is 0 Å². The fourth-order valence-corrected chi connectivity index (χ4v) is 0.728. The Balaban J connectivity index is 3.75. The molecule has 9 heavy (non-hydrogen) atoms. The van der Waals surface area contributed by atoms with E-state index in [9.17, 15) is 4.39 Å². The van der Waals surface area contributed by atoms with Crippen molar-refractivity contribution in [3.05, 3.63) is 0 Å². The van der Waals surface area contributed by atoms with E-state index in [2.05, 4.69) is 0 Å². The molecule has 0 saturated heterocycles. The van der Waals surface area contributed by atoms with Crippen LogP contribution in [0.3, 0.4) is 0 Å². The molecule has 0 rings (SSSR count). The van der Waals surface area contributed by atoms with Crippen LogP contribution in [0.2, 0.25) is 0 Å². The average molecular weight is 130 g/mol. The topological polar surface area (TPSA) is 9.23 Å². The van der Waals surface area contributed by atoms with Crippen LogP contribution in [0.15, 0.2) is 0 Å². The molecule has 1 nitrogen and oxygen atoms in total. The maximum Gasteiger partial charge on any atom is 0.172 e. The van der Waals surface area contributed by atoms with Gasteiger partial charge in [-0.1, -0.05) is 0 Å². The van der Waals surface area contributed by atoms with E-state index in [0.717, 1.165) is 0 Å². The molecule has 4 heteroatoms. The molecule has 52 valence electrons. The summed E-state index contributed by atoms with van der Waals surface area (Å²) in [4.78, 5) is 0. The molecule has 0 aromatic rings. The summed E-state index contributed by atoms with van der Waals surface area (Å²) in [5, 5.41) is 0. The monoisotopic (exact) mass is 130 g/mol. The van der Waals surface area contributed by atoms with Crippen LogP contribution in [-0.4, -0.2) is 26.9 Å². The van der Waals surface area contributed by atoms with E-state index in [1.807, 2.05) is 20.8 Å². The molecule has 0 unspecified atom stereocenters. The lowest BCUT2D eigenvalue weighted by molar-refractivity contribution is -0.104. The molecule has 0 amide bonds. The van der Waals surface area contributed by atoms with Crippen LogP contribution in [0.25, 0.3) is 0 Å². The summed E-state index contributed by atoms with van der Waals surface area (Å²) in [6.45, 7) is 5.48. The largest absolute Gasteiger partial charge is 0.357 e. The van der Waals surface area contributed by atoms with Gasteiger partial charge in [-0.2, -0.15) is 0 Å². The lowest BCUT2D eigenvalue weighted by Gasteiger charge is -2.27. The number of hydrogen-bond donors (Lipinski definition) is 0. The van der Waals surface area contributed by atoms with Crippen molar-refractivity contribution in [1.82, 2.24) is 0 Å². The zero-order chi connectivity index (χ0) is 7.71. The molecule has 0 atom stereocenters. The first-order chi connectivity index (χ1) is 3.71. The number of alkyl halides is 1. The molecular formula is C5H13B2FO. The van der Waals surface area contributed by atoms with Crippen molar-refractivity contribution in [2.45, 2.75) is 32.0 Å². The molecule has 0 aromatic carbocycles. The van der Waals surface area contributed by atoms with Gasteiger partial charge in [0, 0.05) is 0 Å². The van der Waals surface area contributed by atoms with Gasteiger partial charge in [-0.25, -0.2) is 4.39 Å². The van der Waals surface area contributed by atoms with Gasteiger partial charge in [0.15, 0.2) is 15.7 Å². The van der Waals surface area contributed by atoms with Crippen LogP contribution in [0.4, 0.5) is 4.39 Å². The van der Waals surface area contributed by atoms with Crippen molar-refractivity contribution in [3.63, 3.8) is 0 Å². The van der Waals surface area contributed by atoms with E-state index >= 15 is 0 Å². The quantitative estimate of drug-likeness (QED) is 0.440. The first kappa shape index (κ1) is 9.02. The highest BCUT2D eigenvalue weighted by molar-refractivity contribution is 6.37. The molecule has 0 N–H and O–H groups in total. The van der Waals surface area contributed by atoms with Gasteiger partial charge in [0.2, 0.25) is 0 Å². The molecular weight excluding hydrogens is 117 g/mol. The molecule has 0 aliphatic heterocycles. The van der Waals surface area contributed by atoms with Crippen LogP contribution in [-0.2, 0) is 4.74 Å². The van der Waals surface area contributed by atoms with E-state index in [0.29, 0.717) is 0 Å². The van der Waals surface area contributed by atoms with Crippen LogP contribution in [0.1, 0.15) is 20.8 Å². The van der Waals surface area contributed by atoms with Crippen LogP contribution >= 0.6 is 0 Å². The van der Waals surface area contributed by atoms with Crippen molar-refractivity contribution in [2.24, 2.45) is 0 Å². The zero-order valence-electron chi connectivity index (χ0n) is 6.79. The second-order valence-electron chi connectivity index (χ2n) is 3.58. The van der Waals surface area contributed by atoms with Gasteiger partial charge in [-0.15, -0.1) is 0 Å². The number of hydrogen-bond acceptors (Lipinski definition) is 1. The summed E-state index contributed by atoms with van der Waals surface area (Å²) >= 11 is 0. The molecule has 0 fully saturated rings. The second-order valence-corrected chi connectivity index (χ2v) is 3.58. The molecule has 0 saturated carbocycles. The van der Waals surface area contributed by atoms with Gasteiger partial charge in [-0.05, 0) is 20.8 Å². The first-order valence-corrected chi connectivity index (χ1v) is 3.10. The van der Waals surface area contributed by atoms with E-state index in [1.54, 1.807) is 0 Å². The minimum atomic E-state index is -1.52. The minimum absolute atomic E-state index is 0.391. The predicted octanol–water partition coefficient (Wildman–Crippen LogP) is -0.352. The summed E-state index contributed by atoms with van der Waals surface area (Å²) < 4.78 is 17.6. The lowest BCUT2D eigenvalue weighted by atomic mass is 9.78. The normalized spacial score (nSPS) is 13.8. The van der Waals surface area contributed by atoms with Gasteiger partial charge >= 0.3 is 0 Å². The lowest BCUT2D eigenvalue weighted by Crippen LogP contribution is -2.36. The van der Waals surface area contributed by atoms with E-state index in [4.69, 9.17) is 4.74 Å². The Hall–Kier alpha value is 0.0199. The third kappa shape index (κ3) is 8.02. The molecule has 0 radical (unpaired) electrons. The Labute approximate surface area is 57.8 Å². The van der Waals surface area contributed by atoms with Crippen molar-refractivity contribution in [3.8, 4) is 0 Å². The van der Waals surface area contributed by atoms with Crippen molar-refractivity contribution >= 4 is 15.7 Å². The van der Waals surface area contributed by atoms with E-state index < -0.39 is 11.3 Å². The Morgan fingerprint density at radius 3 is 1.56 bits per heavy atom. The Morgan fingerprint density at radius 1 is 1.22 bits per heavy atom. The van der Waals surface area contributed by atoms with Crippen molar-refractivity contribution in [1.29, 1.82) is 0 Å². The number of ether oxygens (including phenoxy) is 1. The van der Waals surface area contributed by atoms with Crippen molar-refractivity contribution < 1.29 is 9.13 Å². The first-order valence-electron chi connectivity index (χ1n) is 3.10. The summed E-state index contributed by atoms with van der Waals surface area (Å²) in [5.74, 6) is 0. The summed E-state index contributed by atoms with van der Waals surface area (Å²) in [5.41, 5.74) is -1.91. The fourth-order valence-electron chi connectivity index (χ4n) is 0.728. The Kier molecular flexibility index (Phi) is 2.34. The standard InChI is InChI=1S/C5H13B2FO/c1-4(2,3)9-5(6,7)8/h6-7H2,1-3H3. The maximum atomic E-state index is 12.7. The molecule has 0 spiro atoms. The van der Waals surface area contributed by atoms with Crippen LogP contribution in [0, 0.1) is 0 Å². The molecule has 0 aliphatic carbocycles. The molecule has 0 heterocycles. The van der Waals surface area contributed by atoms with Gasteiger partial charge < -0.3 is 4.74 Å². The highest BCUT2D eigenvalue weighted by atomic mass is 19.2. The van der Waals surface area contributed by atoms with Gasteiger partial charge in [0.1, 0.15) is 5.65 Å². The SMILES string of the molecule is BC(B)(F)OC(C)(C)C. The third-order valence-electron chi connectivity index (χ3n) is 0.549. The average Bonchev–Trinajstić information content (AvgIpc) is 1.14.